The number of hydrogen-bond acceptors (Lipinski definition) is 3. The predicted octanol–water partition coefficient (Wildman–Crippen LogP) is 3.34. The van der Waals surface area contributed by atoms with Crippen LogP contribution in [0, 0.1) is 0 Å². The van der Waals surface area contributed by atoms with Gasteiger partial charge in [-0.3, -0.25) is 0 Å². The minimum Gasteiger partial charge on any atom is -0.497 e. The summed E-state index contributed by atoms with van der Waals surface area (Å²) in [5, 5.41) is 0. The van der Waals surface area contributed by atoms with Crippen LogP contribution in [0.2, 0.25) is 0 Å². The molecule has 1 atom stereocenters. The van der Waals surface area contributed by atoms with Crippen molar-refractivity contribution in [2.45, 2.75) is 18.9 Å². The van der Waals surface area contributed by atoms with Crippen molar-refractivity contribution in [3.05, 3.63) is 59.7 Å². The van der Waals surface area contributed by atoms with Gasteiger partial charge in [0, 0.05) is 6.04 Å². The molecule has 0 aromatic heterocycles. The van der Waals surface area contributed by atoms with E-state index in [0.29, 0.717) is 0 Å². The zero-order valence-corrected chi connectivity index (χ0v) is 12.0. The fraction of sp³-hybridized carbons (Fsp3) is 0.294. The van der Waals surface area contributed by atoms with E-state index in [4.69, 9.17) is 15.2 Å². The predicted molar refractivity (Wildman–Crippen MR) is 81.2 cm³/mol. The standard InChI is InChI=1S/C17H21NO2/c1-19-15-9-6-13(7-10-15)8-11-17(18)14-4-3-5-16(12-14)20-2/h3-7,9-10,12,17H,8,11,18H2,1-2H3. The third-order valence-electron chi connectivity index (χ3n) is 3.43. The average Bonchev–Trinajstić information content (AvgIpc) is 2.53. The topological polar surface area (TPSA) is 44.5 Å². The van der Waals surface area contributed by atoms with Gasteiger partial charge in [-0.2, -0.15) is 0 Å². The molecule has 0 aliphatic rings. The van der Waals surface area contributed by atoms with Crippen LogP contribution in [0.1, 0.15) is 23.6 Å². The van der Waals surface area contributed by atoms with Crippen LogP contribution >= 0.6 is 0 Å². The second-order valence-electron chi connectivity index (χ2n) is 4.77. The largest absolute Gasteiger partial charge is 0.497 e. The van der Waals surface area contributed by atoms with Gasteiger partial charge in [0.25, 0.3) is 0 Å². The molecule has 0 saturated heterocycles. The molecule has 2 aromatic rings. The van der Waals surface area contributed by atoms with E-state index in [2.05, 4.69) is 12.1 Å². The quantitative estimate of drug-likeness (QED) is 0.876. The van der Waals surface area contributed by atoms with Crippen molar-refractivity contribution in [2.75, 3.05) is 14.2 Å². The zero-order chi connectivity index (χ0) is 14.4. The molecule has 0 bridgehead atoms. The van der Waals surface area contributed by atoms with Gasteiger partial charge < -0.3 is 15.2 Å². The molecule has 0 aliphatic carbocycles. The maximum Gasteiger partial charge on any atom is 0.119 e. The molecule has 1 unspecified atom stereocenters. The van der Waals surface area contributed by atoms with Crippen LogP contribution in [0.15, 0.2) is 48.5 Å². The Balaban J connectivity index is 1.95. The van der Waals surface area contributed by atoms with Crippen LogP contribution in [0.25, 0.3) is 0 Å². The smallest absolute Gasteiger partial charge is 0.119 e. The van der Waals surface area contributed by atoms with Gasteiger partial charge in [-0.25, -0.2) is 0 Å². The number of rotatable bonds is 6. The number of methoxy groups -OCH3 is 2. The molecule has 3 heteroatoms. The SMILES string of the molecule is COc1ccc(CCC(N)c2cccc(OC)c2)cc1. The van der Waals surface area contributed by atoms with Crippen molar-refractivity contribution < 1.29 is 9.47 Å². The summed E-state index contributed by atoms with van der Waals surface area (Å²) in [6.07, 6.45) is 1.85. The number of aryl methyl sites for hydroxylation is 1. The van der Waals surface area contributed by atoms with E-state index >= 15 is 0 Å². The molecule has 0 radical (unpaired) electrons. The summed E-state index contributed by atoms with van der Waals surface area (Å²) in [6.45, 7) is 0. The molecule has 106 valence electrons. The van der Waals surface area contributed by atoms with Gasteiger partial charge in [0.1, 0.15) is 11.5 Å². The summed E-state index contributed by atoms with van der Waals surface area (Å²) in [5.41, 5.74) is 8.62. The number of ether oxygens (including phenoxy) is 2. The van der Waals surface area contributed by atoms with Crippen LogP contribution in [0.3, 0.4) is 0 Å². The van der Waals surface area contributed by atoms with Gasteiger partial charge in [-0.15, -0.1) is 0 Å². The van der Waals surface area contributed by atoms with Crippen molar-refractivity contribution in [1.29, 1.82) is 0 Å². The first-order valence-corrected chi connectivity index (χ1v) is 6.75. The van der Waals surface area contributed by atoms with Crippen LogP contribution < -0.4 is 15.2 Å². The summed E-state index contributed by atoms with van der Waals surface area (Å²) in [6, 6.07) is 16.1. The van der Waals surface area contributed by atoms with Gasteiger partial charge in [0.15, 0.2) is 0 Å². The summed E-state index contributed by atoms with van der Waals surface area (Å²) in [4.78, 5) is 0. The Hall–Kier alpha value is -2.00. The van der Waals surface area contributed by atoms with E-state index in [-0.39, 0.29) is 6.04 Å². The zero-order valence-electron chi connectivity index (χ0n) is 12.0. The number of hydrogen-bond donors (Lipinski definition) is 1. The minimum atomic E-state index is 0.0206. The maximum absolute atomic E-state index is 6.24. The second kappa shape index (κ2) is 6.96. The van der Waals surface area contributed by atoms with Gasteiger partial charge in [0.2, 0.25) is 0 Å². The fourth-order valence-electron chi connectivity index (χ4n) is 2.15. The molecule has 0 aliphatic heterocycles. The Morgan fingerprint density at radius 3 is 2.30 bits per heavy atom. The summed E-state index contributed by atoms with van der Waals surface area (Å²) >= 11 is 0. The fourth-order valence-corrected chi connectivity index (χ4v) is 2.15. The van der Waals surface area contributed by atoms with Crippen molar-refractivity contribution in [2.24, 2.45) is 5.73 Å². The average molecular weight is 271 g/mol. The molecule has 2 N–H and O–H groups in total. The lowest BCUT2D eigenvalue weighted by Crippen LogP contribution is -2.11. The molecular weight excluding hydrogens is 250 g/mol. The third kappa shape index (κ3) is 3.75. The lowest BCUT2D eigenvalue weighted by atomic mass is 9.99. The normalized spacial score (nSPS) is 11.9. The minimum absolute atomic E-state index is 0.0206. The van der Waals surface area contributed by atoms with Crippen LogP contribution in [-0.2, 0) is 6.42 Å². The van der Waals surface area contributed by atoms with Crippen LogP contribution in [-0.4, -0.2) is 14.2 Å². The first-order valence-electron chi connectivity index (χ1n) is 6.75. The lowest BCUT2D eigenvalue weighted by Gasteiger charge is -2.13. The van der Waals surface area contributed by atoms with E-state index in [1.807, 2.05) is 36.4 Å². The van der Waals surface area contributed by atoms with Gasteiger partial charge in [-0.1, -0.05) is 24.3 Å². The number of benzene rings is 2. The summed E-state index contributed by atoms with van der Waals surface area (Å²) < 4.78 is 10.4. The Morgan fingerprint density at radius 1 is 0.950 bits per heavy atom. The highest BCUT2D eigenvalue weighted by Crippen LogP contribution is 2.21. The second-order valence-corrected chi connectivity index (χ2v) is 4.77. The summed E-state index contributed by atoms with van der Waals surface area (Å²) in [7, 11) is 3.34. The first-order chi connectivity index (χ1) is 9.72. The molecule has 0 amide bonds. The highest BCUT2D eigenvalue weighted by Gasteiger charge is 2.07. The molecule has 2 aromatic carbocycles. The molecule has 3 nitrogen and oxygen atoms in total. The van der Waals surface area contributed by atoms with Crippen LogP contribution in [0.4, 0.5) is 0 Å². The molecular formula is C17H21NO2. The molecule has 2 rings (SSSR count). The lowest BCUT2D eigenvalue weighted by molar-refractivity contribution is 0.413. The highest BCUT2D eigenvalue weighted by molar-refractivity contribution is 5.31. The van der Waals surface area contributed by atoms with E-state index in [1.54, 1.807) is 14.2 Å². The van der Waals surface area contributed by atoms with E-state index < -0.39 is 0 Å². The maximum atomic E-state index is 6.24. The molecule has 0 heterocycles. The Bertz CT molecular complexity index is 537. The van der Waals surface area contributed by atoms with Gasteiger partial charge in [-0.05, 0) is 48.2 Å². The van der Waals surface area contributed by atoms with E-state index in [1.165, 1.54) is 5.56 Å². The Morgan fingerprint density at radius 2 is 1.65 bits per heavy atom. The van der Waals surface area contributed by atoms with Crippen molar-refractivity contribution in [1.82, 2.24) is 0 Å². The monoisotopic (exact) mass is 271 g/mol. The molecule has 0 spiro atoms. The van der Waals surface area contributed by atoms with Crippen molar-refractivity contribution >= 4 is 0 Å². The van der Waals surface area contributed by atoms with Crippen molar-refractivity contribution in [3.8, 4) is 11.5 Å². The Kier molecular flexibility index (Phi) is 5.02. The number of nitrogens with two attached hydrogens (primary N) is 1. The summed E-state index contributed by atoms with van der Waals surface area (Å²) in [5.74, 6) is 1.73. The van der Waals surface area contributed by atoms with Gasteiger partial charge in [0.05, 0.1) is 14.2 Å². The molecule has 0 saturated carbocycles. The van der Waals surface area contributed by atoms with Gasteiger partial charge >= 0.3 is 0 Å². The highest BCUT2D eigenvalue weighted by atomic mass is 16.5. The first kappa shape index (κ1) is 14.4. The van der Waals surface area contributed by atoms with E-state index in [0.717, 1.165) is 29.9 Å². The molecule has 20 heavy (non-hydrogen) atoms. The Labute approximate surface area is 120 Å². The molecule has 0 fully saturated rings. The van der Waals surface area contributed by atoms with E-state index in [9.17, 15) is 0 Å². The van der Waals surface area contributed by atoms with Crippen LogP contribution in [0.5, 0.6) is 11.5 Å². The third-order valence-corrected chi connectivity index (χ3v) is 3.43. The van der Waals surface area contributed by atoms with Crippen molar-refractivity contribution in [3.63, 3.8) is 0 Å².